The lowest BCUT2D eigenvalue weighted by Crippen LogP contribution is -2.20. The van der Waals surface area contributed by atoms with E-state index in [9.17, 15) is 9.59 Å². The number of para-hydroxylation sites is 2. The van der Waals surface area contributed by atoms with Gasteiger partial charge < -0.3 is 0 Å². The van der Waals surface area contributed by atoms with Gasteiger partial charge in [-0.05, 0) is 42.0 Å². The molecular formula is C31H21N5O2S. The van der Waals surface area contributed by atoms with E-state index in [0.717, 1.165) is 37.9 Å². The van der Waals surface area contributed by atoms with Gasteiger partial charge in [0.25, 0.3) is 0 Å². The highest BCUT2D eigenvalue weighted by Crippen LogP contribution is 2.52. The molecule has 0 saturated heterocycles. The molecule has 2 aliphatic carbocycles. The zero-order chi connectivity index (χ0) is 26.7. The first-order chi connectivity index (χ1) is 18.9. The number of nitrogens with zero attached hydrogens (tertiary/aromatic N) is 5. The number of carbonyl (C=O) groups excluding carboxylic acids is 2. The third kappa shape index (κ3) is 3.56. The van der Waals surface area contributed by atoms with Gasteiger partial charge in [-0.1, -0.05) is 50.2 Å². The summed E-state index contributed by atoms with van der Waals surface area (Å²) in [5.41, 5.74) is 4.88. The van der Waals surface area contributed by atoms with Crippen molar-refractivity contribution in [2.45, 2.75) is 19.3 Å². The van der Waals surface area contributed by atoms with E-state index in [1.54, 1.807) is 6.08 Å². The Labute approximate surface area is 228 Å². The predicted octanol–water partition coefficient (Wildman–Crippen LogP) is 6.57. The SMILES string of the molecule is CC1(C)c2cc(C=C3C(=O)c4nccnc4C3=O)sc2-c2cnc(N(c3ccccc3)c3ccccc3)nc21. The summed E-state index contributed by atoms with van der Waals surface area (Å²) < 4.78 is 0. The van der Waals surface area contributed by atoms with Gasteiger partial charge in [-0.2, -0.15) is 0 Å². The summed E-state index contributed by atoms with van der Waals surface area (Å²) in [5.74, 6) is -0.172. The van der Waals surface area contributed by atoms with Crippen molar-refractivity contribution >= 4 is 46.3 Å². The van der Waals surface area contributed by atoms with Crippen molar-refractivity contribution in [1.29, 1.82) is 0 Å². The zero-order valence-corrected chi connectivity index (χ0v) is 21.9. The van der Waals surface area contributed by atoms with Crippen LogP contribution in [0.15, 0.2) is 90.9 Å². The van der Waals surface area contributed by atoms with Gasteiger partial charge in [-0.25, -0.2) is 19.9 Å². The first-order valence-electron chi connectivity index (χ1n) is 12.5. The minimum Gasteiger partial charge on any atom is -0.287 e. The summed E-state index contributed by atoms with van der Waals surface area (Å²) in [6.07, 6.45) is 6.40. The summed E-state index contributed by atoms with van der Waals surface area (Å²) in [5, 5.41) is 0. The molecule has 0 bridgehead atoms. The Bertz CT molecular complexity index is 1750. The molecule has 3 aromatic heterocycles. The molecule has 7 nitrogen and oxygen atoms in total. The van der Waals surface area contributed by atoms with Crippen LogP contribution in [0.1, 0.15) is 51.0 Å². The fraction of sp³-hybridized carbons (Fsp3) is 0.0968. The highest BCUT2D eigenvalue weighted by Gasteiger charge is 2.41. The van der Waals surface area contributed by atoms with Gasteiger partial charge in [0.2, 0.25) is 17.5 Å². The Hall–Kier alpha value is -4.82. The molecule has 188 valence electrons. The van der Waals surface area contributed by atoms with E-state index >= 15 is 0 Å². The first kappa shape index (κ1) is 23.3. The van der Waals surface area contributed by atoms with E-state index in [1.165, 1.54) is 23.7 Å². The van der Waals surface area contributed by atoms with Crippen molar-refractivity contribution in [3.63, 3.8) is 0 Å². The Morgan fingerprint density at radius 2 is 1.41 bits per heavy atom. The van der Waals surface area contributed by atoms with Crippen molar-refractivity contribution in [1.82, 2.24) is 19.9 Å². The summed E-state index contributed by atoms with van der Waals surface area (Å²) in [4.78, 5) is 47.6. The number of rotatable bonds is 4. The van der Waals surface area contributed by atoms with Crippen LogP contribution in [0.5, 0.6) is 0 Å². The Kier molecular flexibility index (Phi) is 5.14. The quantitative estimate of drug-likeness (QED) is 0.193. The topological polar surface area (TPSA) is 88.9 Å². The average Bonchev–Trinajstić information content (AvgIpc) is 3.56. The van der Waals surface area contributed by atoms with Crippen LogP contribution in [0.3, 0.4) is 0 Å². The summed E-state index contributed by atoms with van der Waals surface area (Å²) in [7, 11) is 0. The monoisotopic (exact) mass is 527 g/mol. The van der Waals surface area contributed by atoms with Crippen molar-refractivity contribution < 1.29 is 9.59 Å². The smallest absolute Gasteiger partial charge is 0.234 e. The zero-order valence-electron chi connectivity index (χ0n) is 21.1. The molecule has 2 aromatic carbocycles. The number of ketones is 2. The number of anilines is 3. The lowest BCUT2D eigenvalue weighted by Gasteiger charge is -2.25. The van der Waals surface area contributed by atoms with Crippen molar-refractivity contribution in [3.8, 4) is 10.4 Å². The van der Waals surface area contributed by atoms with Gasteiger partial charge in [-0.15, -0.1) is 11.3 Å². The maximum atomic E-state index is 12.8. The third-order valence-corrected chi connectivity index (χ3v) is 8.29. The lowest BCUT2D eigenvalue weighted by molar-refractivity contribution is 0.0988. The second-order valence-electron chi connectivity index (χ2n) is 9.93. The minimum atomic E-state index is -0.398. The van der Waals surface area contributed by atoms with Crippen LogP contribution < -0.4 is 4.90 Å². The maximum absolute atomic E-state index is 12.8. The van der Waals surface area contributed by atoms with Crippen molar-refractivity contribution in [2.75, 3.05) is 4.90 Å². The van der Waals surface area contributed by atoms with Gasteiger partial charge in [0.1, 0.15) is 11.4 Å². The molecule has 0 amide bonds. The van der Waals surface area contributed by atoms with E-state index in [4.69, 9.17) is 9.97 Å². The summed E-state index contributed by atoms with van der Waals surface area (Å²) in [6.45, 7) is 4.28. The number of hydrogen-bond acceptors (Lipinski definition) is 8. The highest BCUT2D eigenvalue weighted by atomic mass is 32.1. The van der Waals surface area contributed by atoms with Gasteiger partial charge >= 0.3 is 0 Å². The number of fused-ring (bicyclic) bond motifs is 4. The van der Waals surface area contributed by atoms with Crippen molar-refractivity contribution in [3.05, 3.63) is 118 Å². The Balaban J connectivity index is 1.30. The number of benzene rings is 2. The van der Waals surface area contributed by atoms with Gasteiger partial charge in [0, 0.05) is 50.7 Å². The molecule has 39 heavy (non-hydrogen) atoms. The molecule has 0 atom stereocenters. The molecule has 0 unspecified atom stereocenters. The van der Waals surface area contributed by atoms with E-state index in [-0.39, 0.29) is 28.5 Å². The van der Waals surface area contributed by atoms with E-state index in [0.29, 0.717) is 5.95 Å². The van der Waals surface area contributed by atoms with Crippen LogP contribution >= 0.6 is 11.3 Å². The normalized spacial score (nSPS) is 14.7. The molecule has 0 saturated carbocycles. The standard InChI is InChI=1S/C31H21N5O2S/c1-31(2)23-16-20(15-21-26(37)24-25(27(21)38)33-14-13-32-24)39-28(23)22-17-34-30(35-29(22)31)36(18-9-5-3-6-10-18)19-11-7-4-8-12-19/h3-17H,1-2H3. The molecular weight excluding hydrogens is 506 g/mol. The Morgan fingerprint density at radius 3 is 2.00 bits per heavy atom. The number of carbonyl (C=O) groups is 2. The number of hydrogen-bond donors (Lipinski definition) is 0. The van der Waals surface area contributed by atoms with E-state index in [1.807, 2.05) is 72.9 Å². The highest BCUT2D eigenvalue weighted by molar-refractivity contribution is 7.16. The summed E-state index contributed by atoms with van der Waals surface area (Å²) >= 11 is 1.53. The van der Waals surface area contributed by atoms with Crippen LogP contribution in [0.2, 0.25) is 0 Å². The minimum absolute atomic E-state index is 0.0992. The summed E-state index contributed by atoms with van der Waals surface area (Å²) in [6, 6.07) is 22.2. The number of aromatic nitrogens is 4. The van der Waals surface area contributed by atoms with Gasteiger partial charge in [0.05, 0.1) is 11.3 Å². The van der Waals surface area contributed by atoms with Crippen molar-refractivity contribution in [2.24, 2.45) is 0 Å². The molecule has 8 heteroatoms. The third-order valence-electron chi connectivity index (χ3n) is 7.17. The molecule has 0 N–H and O–H groups in total. The average molecular weight is 528 g/mol. The van der Waals surface area contributed by atoms with Crippen LogP contribution in [0.25, 0.3) is 16.5 Å². The lowest BCUT2D eigenvalue weighted by atomic mass is 9.86. The van der Waals surface area contributed by atoms with E-state index < -0.39 is 5.41 Å². The Morgan fingerprint density at radius 1 is 0.821 bits per heavy atom. The fourth-order valence-electron chi connectivity index (χ4n) is 5.23. The number of thiophene rings is 1. The number of allylic oxidation sites excluding steroid dienone is 1. The molecule has 5 aromatic rings. The molecule has 3 heterocycles. The first-order valence-corrected chi connectivity index (χ1v) is 13.3. The fourth-order valence-corrected chi connectivity index (χ4v) is 6.50. The van der Waals surface area contributed by atoms with Gasteiger partial charge in [-0.3, -0.25) is 14.5 Å². The second kappa shape index (κ2) is 8.61. The van der Waals surface area contributed by atoms with Crippen LogP contribution in [0.4, 0.5) is 17.3 Å². The largest absolute Gasteiger partial charge is 0.287 e. The van der Waals surface area contributed by atoms with Gasteiger partial charge in [0.15, 0.2) is 0 Å². The molecule has 2 aliphatic rings. The molecule has 0 aliphatic heterocycles. The molecule has 7 rings (SSSR count). The van der Waals surface area contributed by atoms with Crippen LogP contribution in [-0.2, 0) is 5.41 Å². The van der Waals surface area contributed by atoms with Crippen LogP contribution in [0, 0.1) is 0 Å². The van der Waals surface area contributed by atoms with Crippen LogP contribution in [-0.4, -0.2) is 31.5 Å². The predicted molar refractivity (Wildman–Crippen MR) is 151 cm³/mol. The second-order valence-corrected chi connectivity index (χ2v) is 11.0. The molecule has 0 fully saturated rings. The van der Waals surface area contributed by atoms with E-state index in [2.05, 4.69) is 28.7 Å². The molecule has 0 spiro atoms. The maximum Gasteiger partial charge on any atom is 0.234 e. The molecule has 0 radical (unpaired) electrons. The number of Topliss-reactive ketones (excluding diaryl/α,β-unsaturated/α-hetero) is 2.